The number of hydrogen-bond donors (Lipinski definition) is 1. The van der Waals surface area contributed by atoms with Crippen molar-refractivity contribution in [2.45, 2.75) is 13.0 Å². The third kappa shape index (κ3) is 1.42. The Morgan fingerprint density at radius 2 is 2.43 bits per heavy atom. The normalized spacial score (nSPS) is 10.9. The Balaban J connectivity index is 2.51. The Kier molecular flexibility index (Phi) is 2.32. The van der Waals surface area contributed by atoms with Gasteiger partial charge in [0.25, 0.3) is 0 Å². The van der Waals surface area contributed by atoms with Gasteiger partial charge in [-0.25, -0.2) is 9.78 Å². The van der Waals surface area contributed by atoms with Gasteiger partial charge in [-0.2, -0.15) is 0 Å². The minimum absolute atomic E-state index is 0.368. The summed E-state index contributed by atoms with van der Waals surface area (Å²) in [5.74, 6) is -0.368. The molecule has 0 saturated heterocycles. The molecule has 2 N–H and O–H groups in total. The summed E-state index contributed by atoms with van der Waals surface area (Å²) in [4.78, 5) is 15.4. The molecule has 5 heteroatoms. The maximum absolute atomic E-state index is 11.4. The molecule has 0 aliphatic rings. The van der Waals surface area contributed by atoms with E-state index in [1.54, 1.807) is 18.3 Å². The lowest BCUT2D eigenvalue weighted by Gasteiger charge is -1.97. The van der Waals surface area contributed by atoms with Gasteiger partial charge in [0, 0.05) is 12.7 Å². The Hall–Kier alpha value is -1.62. The molecule has 0 spiro atoms. The van der Waals surface area contributed by atoms with Gasteiger partial charge in [-0.05, 0) is 25.1 Å². The number of rotatable bonds is 3. The van der Waals surface area contributed by atoms with Crippen molar-refractivity contribution in [2.24, 2.45) is 5.73 Å². The van der Waals surface area contributed by atoms with Crippen LogP contribution in [0.1, 0.15) is 6.42 Å². The average Bonchev–Trinajstić information content (AvgIpc) is 2.51. The second-order valence-corrected chi connectivity index (χ2v) is 2.99. The van der Waals surface area contributed by atoms with Crippen LogP contribution in [0.2, 0.25) is 0 Å². The molecule has 2 aromatic heterocycles. The van der Waals surface area contributed by atoms with Crippen molar-refractivity contribution < 1.29 is 4.42 Å². The van der Waals surface area contributed by atoms with Crippen molar-refractivity contribution in [1.82, 2.24) is 9.55 Å². The zero-order valence-corrected chi connectivity index (χ0v) is 7.64. The number of aromatic nitrogens is 2. The van der Waals surface area contributed by atoms with Gasteiger partial charge in [0.05, 0.1) is 0 Å². The lowest BCUT2D eigenvalue weighted by atomic mass is 10.4. The monoisotopic (exact) mass is 193 g/mol. The molecule has 0 aliphatic heterocycles. The van der Waals surface area contributed by atoms with E-state index < -0.39 is 0 Å². The molecule has 0 fully saturated rings. The second kappa shape index (κ2) is 3.63. The number of nitrogens with zero attached hydrogens (tertiary/aromatic N) is 2. The van der Waals surface area contributed by atoms with Crippen LogP contribution < -0.4 is 11.5 Å². The van der Waals surface area contributed by atoms with Crippen LogP contribution in [0.3, 0.4) is 0 Å². The zero-order chi connectivity index (χ0) is 9.97. The van der Waals surface area contributed by atoms with Gasteiger partial charge in [0.1, 0.15) is 0 Å². The Morgan fingerprint density at radius 3 is 3.21 bits per heavy atom. The molecule has 0 bridgehead atoms. The lowest BCUT2D eigenvalue weighted by molar-refractivity contribution is 0.499. The maximum Gasteiger partial charge on any atom is 0.421 e. The van der Waals surface area contributed by atoms with E-state index in [-0.39, 0.29) is 5.76 Å². The van der Waals surface area contributed by atoms with E-state index in [1.165, 1.54) is 4.57 Å². The van der Waals surface area contributed by atoms with Gasteiger partial charge in [-0.3, -0.25) is 4.57 Å². The zero-order valence-electron chi connectivity index (χ0n) is 7.64. The van der Waals surface area contributed by atoms with E-state index in [1.807, 2.05) is 0 Å². The van der Waals surface area contributed by atoms with Gasteiger partial charge in [-0.1, -0.05) is 0 Å². The van der Waals surface area contributed by atoms with Crippen LogP contribution in [0.5, 0.6) is 0 Å². The highest BCUT2D eigenvalue weighted by atomic mass is 16.4. The van der Waals surface area contributed by atoms with Crippen LogP contribution in [0.25, 0.3) is 11.2 Å². The quantitative estimate of drug-likeness (QED) is 0.762. The molecular weight excluding hydrogens is 182 g/mol. The smallest absolute Gasteiger partial charge is 0.406 e. The summed E-state index contributed by atoms with van der Waals surface area (Å²) in [7, 11) is 0. The Labute approximate surface area is 80.2 Å². The van der Waals surface area contributed by atoms with Gasteiger partial charge >= 0.3 is 5.76 Å². The van der Waals surface area contributed by atoms with E-state index in [4.69, 9.17) is 10.2 Å². The summed E-state index contributed by atoms with van der Waals surface area (Å²) in [5.41, 5.74) is 6.48. The predicted octanol–water partition coefficient (Wildman–Crippen LogP) is 0.338. The fourth-order valence-corrected chi connectivity index (χ4v) is 1.35. The number of pyridine rings is 1. The lowest BCUT2D eigenvalue weighted by Crippen LogP contribution is -2.16. The summed E-state index contributed by atoms with van der Waals surface area (Å²) in [6.45, 7) is 1.10. The van der Waals surface area contributed by atoms with Gasteiger partial charge < -0.3 is 10.2 Å². The minimum Gasteiger partial charge on any atom is -0.406 e. The summed E-state index contributed by atoms with van der Waals surface area (Å²) < 4.78 is 6.50. The van der Waals surface area contributed by atoms with Crippen LogP contribution in [-0.4, -0.2) is 16.1 Å². The minimum atomic E-state index is -0.368. The average molecular weight is 193 g/mol. The first-order valence-corrected chi connectivity index (χ1v) is 4.47. The van der Waals surface area contributed by atoms with Crippen LogP contribution >= 0.6 is 0 Å². The third-order valence-electron chi connectivity index (χ3n) is 2.01. The van der Waals surface area contributed by atoms with Crippen LogP contribution in [-0.2, 0) is 6.54 Å². The highest BCUT2D eigenvalue weighted by Gasteiger charge is 2.08. The molecule has 14 heavy (non-hydrogen) atoms. The van der Waals surface area contributed by atoms with E-state index in [2.05, 4.69) is 4.98 Å². The maximum atomic E-state index is 11.4. The van der Waals surface area contributed by atoms with Crippen molar-refractivity contribution in [1.29, 1.82) is 0 Å². The number of hydrogen-bond acceptors (Lipinski definition) is 4. The van der Waals surface area contributed by atoms with E-state index in [0.29, 0.717) is 24.3 Å². The molecule has 0 aromatic carbocycles. The Morgan fingerprint density at radius 1 is 1.57 bits per heavy atom. The molecule has 0 atom stereocenters. The molecule has 0 saturated carbocycles. The van der Waals surface area contributed by atoms with Gasteiger partial charge in [-0.15, -0.1) is 0 Å². The molecule has 2 heterocycles. The van der Waals surface area contributed by atoms with Gasteiger partial charge in [0.2, 0.25) is 0 Å². The fraction of sp³-hybridized carbons (Fsp3) is 0.333. The Bertz CT molecular complexity index is 486. The summed E-state index contributed by atoms with van der Waals surface area (Å²) in [6.07, 6.45) is 2.38. The van der Waals surface area contributed by atoms with Crippen molar-refractivity contribution in [3.8, 4) is 0 Å². The molecule has 0 aliphatic carbocycles. The molecule has 0 unspecified atom stereocenters. The largest absolute Gasteiger partial charge is 0.421 e. The van der Waals surface area contributed by atoms with E-state index in [9.17, 15) is 4.79 Å². The van der Waals surface area contributed by atoms with Crippen molar-refractivity contribution in [3.63, 3.8) is 0 Å². The molecular formula is C9H11N3O2. The number of fused-ring (bicyclic) bond motifs is 1. The molecule has 2 rings (SSSR count). The summed E-state index contributed by atoms with van der Waals surface area (Å²) in [5, 5.41) is 0. The number of oxazole rings is 1. The topological polar surface area (TPSA) is 74.0 Å². The van der Waals surface area contributed by atoms with Crippen LogP contribution in [0, 0.1) is 0 Å². The first-order valence-electron chi connectivity index (χ1n) is 4.47. The molecule has 2 aromatic rings. The number of aryl methyl sites for hydroxylation is 1. The van der Waals surface area contributed by atoms with Crippen molar-refractivity contribution in [2.75, 3.05) is 6.54 Å². The SMILES string of the molecule is NCCCn1c(=O)oc2cccnc21. The van der Waals surface area contributed by atoms with Crippen LogP contribution in [0.4, 0.5) is 0 Å². The predicted molar refractivity (Wildman–Crippen MR) is 51.9 cm³/mol. The van der Waals surface area contributed by atoms with Crippen molar-refractivity contribution in [3.05, 3.63) is 28.9 Å². The van der Waals surface area contributed by atoms with E-state index in [0.717, 1.165) is 6.42 Å². The third-order valence-corrected chi connectivity index (χ3v) is 2.01. The van der Waals surface area contributed by atoms with Crippen molar-refractivity contribution >= 4 is 11.2 Å². The summed E-state index contributed by atoms with van der Waals surface area (Å²) >= 11 is 0. The highest BCUT2D eigenvalue weighted by Crippen LogP contribution is 2.08. The van der Waals surface area contributed by atoms with Gasteiger partial charge in [0.15, 0.2) is 11.2 Å². The highest BCUT2D eigenvalue weighted by molar-refractivity contribution is 5.67. The fourth-order valence-electron chi connectivity index (χ4n) is 1.35. The molecule has 0 radical (unpaired) electrons. The molecule has 5 nitrogen and oxygen atoms in total. The second-order valence-electron chi connectivity index (χ2n) is 2.99. The number of nitrogens with two attached hydrogens (primary N) is 1. The first kappa shape index (κ1) is 8.96. The molecule has 0 amide bonds. The molecule has 74 valence electrons. The van der Waals surface area contributed by atoms with E-state index >= 15 is 0 Å². The first-order chi connectivity index (χ1) is 6.83. The van der Waals surface area contributed by atoms with Crippen LogP contribution in [0.15, 0.2) is 27.5 Å². The summed E-state index contributed by atoms with van der Waals surface area (Å²) in [6, 6.07) is 3.46. The standard InChI is InChI=1S/C9H11N3O2/c10-4-2-6-12-8-7(14-9(12)13)3-1-5-11-8/h1,3,5H,2,4,6,10H2.